The molecule has 2 saturated heterocycles. The molecule has 0 aliphatic carbocycles. The van der Waals surface area contributed by atoms with E-state index in [4.69, 9.17) is 15.2 Å². The topological polar surface area (TPSA) is 93.8 Å². The van der Waals surface area contributed by atoms with Gasteiger partial charge in [0, 0.05) is 32.1 Å². The summed E-state index contributed by atoms with van der Waals surface area (Å²) in [5.41, 5.74) is 6.55. The number of nitrogen functional groups attached to an aromatic ring is 1. The van der Waals surface area contributed by atoms with E-state index in [1.54, 1.807) is 13.2 Å². The molecule has 0 spiro atoms. The Morgan fingerprint density at radius 2 is 2.08 bits per heavy atom. The number of nitrogens with two attached hydrogens (primary N) is 1. The van der Waals surface area contributed by atoms with Gasteiger partial charge in [0.25, 0.3) is 0 Å². The molecule has 0 saturated carbocycles. The average molecular weight is 355 g/mol. The van der Waals surface area contributed by atoms with Crippen LogP contribution in [0.5, 0.6) is 5.88 Å². The van der Waals surface area contributed by atoms with Crippen LogP contribution < -0.4 is 15.4 Å². The number of hydrogen-bond donors (Lipinski definition) is 1. The first-order valence-electron chi connectivity index (χ1n) is 8.51. The summed E-state index contributed by atoms with van der Waals surface area (Å²) in [6.45, 7) is 2.17. The Hall–Kier alpha value is -3.03. The normalized spacial score (nSPS) is 22.1. The highest BCUT2D eigenvalue weighted by Crippen LogP contribution is 2.34. The van der Waals surface area contributed by atoms with Crippen LogP contribution in [-0.2, 0) is 11.2 Å². The summed E-state index contributed by atoms with van der Waals surface area (Å²) in [6.07, 6.45) is 0.466. The zero-order valence-electron chi connectivity index (χ0n) is 14.6. The van der Waals surface area contributed by atoms with E-state index in [1.165, 1.54) is 0 Å². The fourth-order valence-corrected chi connectivity index (χ4v) is 3.73. The highest BCUT2D eigenvalue weighted by Gasteiger charge is 2.51. The van der Waals surface area contributed by atoms with Crippen molar-refractivity contribution in [1.29, 1.82) is 0 Å². The van der Waals surface area contributed by atoms with Crippen LogP contribution >= 0.6 is 0 Å². The number of benzene rings is 1. The van der Waals surface area contributed by atoms with Crippen LogP contribution in [0.25, 0.3) is 0 Å². The fourth-order valence-electron chi connectivity index (χ4n) is 3.73. The molecule has 136 valence electrons. The van der Waals surface area contributed by atoms with E-state index in [2.05, 4.69) is 27.0 Å². The van der Waals surface area contributed by atoms with E-state index in [0.717, 1.165) is 5.56 Å². The molecule has 2 aliphatic heterocycles. The van der Waals surface area contributed by atoms with E-state index < -0.39 is 5.54 Å². The second-order valence-corrected chi connectivity index (χ2v) is 6.64. The summed E-state index contributed by atoms with van der Waals surface area (Å²) in [7, 11) is 1.55. The Morgan fingerprint density at radius 1 is 1.27 bits per heavy atom. The lowest BCUT2D eigenvalue weighted by atomic mass is 9.88. The number of carbonyl (C=O) groups is 1. The molecular weight excluding hydrogens is 334 g/mol. The number of cyclic esters (lactones) is 1. The zero-order valence-corrected chi connectivity index (χ0v) is 14.6. The Morgan fingerprint density at radius 3 is 2.85 bits per heavy atom. The molecule has 1 aromatic carbocycles. The summed E-state index contributed by atoms with van der Waals surface area (Å²) in [5.74, 6) is 1.28. The molecule has 0 bridgehead atoms. The van der Waals surface area contributed by atoms with Gasteiger partial charge in [-0.05, 0) is 5.56 Å². The van der Waals surface area contributed by atoms with Gasteiger partial charge in [0.1, 0.15) is 18.0 Å². The van der Waals surface area contributed by atoms with Gasteiger partial charge < -0.3 is 20.1 Å². The number of methoxy groups -OCH3 is 1. The summed E-state index contributed by atoms with van der Waals surface area (Å²) < 4.78 is 10.6. The van der Waals surface area contributed by atoms with Crippen molar-refractivity contribution < 1.29 is 14.3 Å². The maximum Gasteiger partial charge on any atom is 0.410 e. The number of nitrogens with zero attached hydrogens (tertiary/aromatic N) is 4. The Balaban J connectivity index is 1.65. The van der Waals surface area contributed by atoms with Crippen molar-refractivity contribution in [2.24, 2.45) is 0 Å². The van der Waals surface area contributed by atoms with Crippen molar-refractivity contribution in [3.05, 3.63) is 42.0 Å². The number of aromatic nitrogens is 2. The number of anilines is 2. The van der Waals surface area contributed by atoms with Crippen molar-refractivity contribution in [3.63, 3.8) is 0 Å². The Bertz CT molecular complexity index is 816. The Kier molecular flexibility index (Phi) is 4.02. The van der Waals surface area contributed by atoms with Gasteiger partial charge in [-0.1, -0.05) is 30.3 Å². The standard InChI is InChI=1S/C18H21N5O3/c1-25-15-9-14(20-16(19)21-15)22-7-8-23-17(24)26-12-18(23,11-22)10-13-5-3-2-4-6-13/h2-6,9H,7-8,10-12H2,1H3,(H2,19,20,21). The van der Waals surface area contributed by atoms with Crippen LogP contribution in [0.3, 0.4) is 0 Å². The first kappa shape index (κ1) is 16.4. The number of rotatable bonds is 4. The van der Waals surface area contributed by atoms with E-state index in [1.807, 2.05) is 23.1 Å². The molecule has 2 fully saturated rings. The van der Waals surface area contributed by atoms with E-state index >= 15 is 0 Å². The molecule has 4 rings (SSSR count). The van der Waals surface area contributed by atoms with Gasteiger partial charge in [0.05, 0.1) is 7.11 Å². The molecule has 2 aliphatic rings. The van der Waals surface area contributed by atoms with E-state index in [-0.39, 0.29) is 12.0 Å². The average Bonchev–Trinajstić information content (AvgIpc) is 2.98. The molecule has 1 unspecified atom stereocenters. The number of carbonyl (C=O) groups excluding carboxylic acids is 1. The highest BCUT2D eigenvalue weighted by atomic mass is 16.6. The molecule has 2 aromatic rings. The molecule has 8 nitrogen and oxygen atoms in total. The molecule has 26 heavy (non-hydrogen) atoms. The second kappa shape index (κ2) is 6.36. The number of amides is 1. The molecule has 3 heterocycles. The summed E-state index contributed by atoms with van der Waals surface area (Å²) in [6, 6.07) is 11.9. The van der Waals surface area contributed by atoms with Gasteiger partial charge >= 0.3 is 6.09 Å². The summed E-state index contributed by atoms with van der Waals surface area (Å²) in [5, 5.41) is 0. The molecule has 1 atom stereocenters. The van der Waals surface area contributed by atoms with Gasteiger partial charge in [0.2, 0.25) is 11.8 Å². The molecule has 1 aromatic heterocycles. The highest BCUT2D eigenvalue weighted by molar-refractivity contribution is 5.72. The monoisotopic (exact) mass is 355 g/mol. The van der Waals surface area contributed by atoms with Crippen molar-refractivity contribution >= 4 is 17.9 Å². The fraction of sp³-hybridized carbons (Fsp3) is 0.389. The van der Waals surface area contributed by atoms with Crippen molar-refractivity contribution in [3.8, 4) is 5.88 Å². The maximum absolute atomic E-state index is 12.2. The third-order valence-corrected chi connectivity index (χ3v) is 4.95. The predicted octanol–water partition coefficient (Wildman–Crippen LogP) is 1.32. The van der Waals surface area contributed by atoms with E-state index in [9.17, 15) is 4.79 Å². The minimum Gasteiger partial charge on any atom is -0.481 e. The predicted molar refractivity (Wildman–Crippen MR) is 96.1 cm³/mol. The Labute approximate surface area is 151 Å². The van der Waals surface area contributed by atoms with Crippen molar-refractivity contribution in [2.45, 2.75) is 12.0 Å². The largest absolute Gasteiger partial charge is 0.481 e. The smallest absolute Gasteiger partial charge is 0.410 e. The van der Waals surface area contributed by atoms with E-state index in [0.29, 0.717) is 44.4 Å². The lowest BCUT2D eigenvalue weighted by Crippen LogP contribution is -2.62. The zero-order chi connectivity index (χ0) is 18.1. The van der Waals surface area contributed by atoms with Crippen molar-refractivity contribution in [2.75, 3.05) is 44.0 Å². The second-order valence-electron chi connectivity index (χ2n) is 6.64. The molecule has 0 radical (unpaired) electrons. The van der Waals surface area contributed by atoms with Crippen molar-refractivity contribution in [1.82, 2.24) is 14.9 Å². The third kappa shape index (κ3) is 2.87. The number of fused-ring (bicyclic) bond motifs is 1. The van der Waals surface area contributed by atoms with Gasteiger partial charge in [-0.15, -0.1) is 0 Å². The van der Waals surface area contributed by atoms with Gasteiger partial charge in [-0.2, -0.15) is 9.97 Å². The molecule has 1 amide bonds. The molecular formula is C18H21N5O3. The quantitative estimate of drug-likeness (QED) is 0.884. The first-order valence-corrected chi connectivity index (χ1v) is 8.51. The molecule has 8 heteroatoms. The lowest BCUT2D eigenvalue weighted by Gasteiger charge is -2.45. The van der Waals surface area contributed by atoms with Crippen LogP contribution in [0.15, 0.2) is 36.4 Å². The molecule has 2 N–H and O–H groups in total. The summed E-state index contributed by atoms with van der Waals surface area (Å²) >= 11 is 0. The number of ether oxygens (including phenoxy) is 2. The first-order chi connectivity index (χ1) is 12.6. The number of piperazine rings is 1. The van der Waals surface area contributed by atoms with Crippen LogP contribution in [0.2, 0.25) is 0 Å². The van der Waals surface area contributed by atoms with Crippen LogP contribution in [-0.4, -0.2) is 59.9 Å². The van der Waals surface area contributed by atoms with Gasteiger partial charge in [-0.25, -0.2) is 4.79 Å². The maximum atomic E-state index is 12.2. The minimum atomic E-state index is -0.427. The SMILES string of the molecule is COc1cc(N2CCN3C(=O)OCC3(Cc3ccccc3)C2)nc(N)n1. The lowest BCUT2D eigenvalue weighted by molar-refractivity contribution is 0.140. The minimum absolute atomic E-state index is 0.164. The third-order valence-electron chi connectivity index (χ3n) is 4.95. The summed E-state index contributed by atoms with van der Waals surface area (Å²) in [4.78, 5) is 24.6. The van der Waals surface area contributed by atoms with Gasteiger partial charge in [0.15, 0.2) is 0 Å². The number of hydrogen-bond acceptors (Lipinski definition) is 7. The van der Waals surface area contributed by atoms with Crippen LogP contribution in [0.1, 0.15) is 5.56 Å². The van der Waals surface area contributed by atoms with Gasteiger partial charge in [-0.3, -0.25) is 4.90 Å². The van der Waals surface area contributed by atoms with Crippen LogP contribution in [0.4, 0.5) is 16.6 Å². The van der Waals surface area contributed by atoms with Crippen LogP contribution in [0, 0.1) is 0 Å².